The Morgan fingerprint density at radius 1 is 1.35 bits per heavy atom. The topological polar surface area (TPSA) is 63.4 Å². The smallest absolute Gasteiger partial charge is 0.178 e. The predicted molar refractivity (Wildman–Crippen MR) is 77.8 cm³/mol. The van der Waals surface area contributed by atoms with Gasteiger partial charge in [-0.2, -0.15) is 0 Å². The molecule has 0 spiro atoms. The molecule has 1 unspecified atom stereocenters. The summed E-state index contributed by atoms with van der Waals surface area (Å²) in [5.74, 6) is -0.580. The van der Waals surface area contributed by atoms with E-state index in [0.29, 0.717) is 12.5 Å². The Labute approximate surface area is 119 Å². The first-order valence-corrected chi connectivity index (χ1v) is 8.53. The molecule has 4 nitrogen and oxygen atoms in total. The van der Waals surface area contributed by atoms with Crippen LogP contribution in [0.25, 0.3) is 0 Å². The van der Waals surface area contributed by atoms with Gasteiger partial charge in [0.1, 0.15) is 5.82 Å². The van der Waals surface area contributed by atoms with Crippen LogP contribution in [0.2, 0.25) is 0 Å². The Kier molecular flexibility index (Phi) is 4.65. The molecule has 112 valence electrons. The minimum atomic E-state index is -3.47. The van der Waals surface area contributed by atoms with E-state index in [0.717, 1.165) is 31.5 Å². The maximum atomic E-state index is 13.3. The quantitative estimate of drug-likeness (QED) is 0.865. The maximum absolute atomic E-state index is 13.3. The summed E-state index contributed by atoms with van der Waals surface area (Å²) in [5.41, 5.74) is 5.64. The lowest BCUT2D eigenvalue weighted by atomic mass is 10.0. The van der Waals surface area contributed by atoms with Crippen LogP contribution >= 0.6 is 0 Å². The average Bonchev–Trinajstić information content (AvgIpc) is 2.37. The van der Waals surface area contributed by atoms with Crippen LogP contribution in [0.1, 0.15) is 25.7 Å². The summed E-state index contributed by atoms with van der Waals surface area (Å²) in [6.07, 6.45) is 3.91. The van der Waals surface area contributed by atoms with E-state index in [-0.39, 0.29) is 16.3 Å². The van der Waals surface area contributed by atoms with Crippen LogP contribution in [0.15, 0.2) is 23.1 Å². The van der Waals surface area contributed by atoms with Gasteiger partial charge in [0.15, 0.2) is 9.84 Å². The van der Waals surface area contributed by atoms with Crippen LogP contribution in [-0.4, -0.2) is 38.7 Å². The highest BCUT2D eigenvalue weighted by Gasteiger charge is 2.23. The molecule has 0 saturated carbocycles. The number of rotatable bonds is 4. The normalized spacial score (nSPS) is 21.0. The van der Waals surface area contributed by atoms with Crippen LogP contribution in [0.5, 0.6) is 0 Å². The number of piperidine rings is 1. The van der Waals surface area contributed by atoms with Crippen molar-refractivity contribution >= 4 is 15.5 Å². The van der Waals surface area contributed by atoms with Gasteiger partial charge >= 0.3 is 0 Å². The second kappa shape index (κ2) is 6.10. The molecule has 6 heteroatoms. The summed E-state index contributed by atoms with van der Waals surface area (Å²) in [6.45, 7) is 1.01. The summed E-state index contributed by atoms with van der Waals surface area (Å²) < 4.78 is 37.8. The second-order valence-corrected chi connectivity index (χ2v) is 7.57. The Bertz CT molecular complexity index is 554. The lowest BCUT2D eigenvalue weighted by Crippen LogP contribution is -2.37. The van der Waals surface area contributed by atoms with Crippen molar-refractivity contribution in [2.24, 2.45) is 0 Å². The number of hydrogen-bond donors (Lipinski definition) is 1. The largest absolute Gasteiger partial charge is 0.399 e. The van der Waals surface area contributed by atoms with Gasteiger partial charge in [-0.1, -0.05) is 6.42 Å². The van der Waals surface area contributed by atoms with Gasteiger partial charge in [-0.25, -0.2) is 12.8 Å². The zero-order valence-corrected chi connectivity index (χ0v) is 12.5. The molecule has 1 atom stereocenters. The Morgan fingerprint density at radius 3 is 2.75 bits per heavy atom. The lowest BCUT2D eigenvalue weighted by Gasteiger charge is -2.32. The highest BCUT2D eigenvalue weighted by Crippen LogP contribution is 2.22. The van der Waals surface area contributed by atoms with E-state index >= 15 is 0 Å². The fourth-order valence-corrected chi connectivity index (χ4v) is 4.11. The van der Waals surface area contributed by atoms with Crippen molar-refractivity contribution in [3.8, 4) is 0 Å². The molecule has 0 amide bonds. The lowest BCUT2D eigenvalue weighted by molar-refractivity contribution is 0.181. The van der Waals surface area contributed by atoms with Gasteiger partial charge in [-0.3, -0.25) is 0 Å². The SMILES string of the molecule is CN1CCCCC1CCS(=O)(=O)c1cc(N)cc(F)c1. The van der Waals surface area contributed by atoms with Gasteiger partial charge in [0.2, 0.25) is 0 Å². The number of sulfone groups is 1. The minimum Gasteiger partial charge on any atom is -0.399 e. The van der Waals surface area contributed by atoms with Crippen molar-refractivity contribution < 1.29 is 12.8 Å². The highest BCUT2D eigenvalue weighted by molar-refractivity contribution is 7.91. The van der Waals surface area contributed by atoms with Crippen molar-refractivity contribution in [3.05, 3.63) is 24.0 Å². The highest BCUT2D eigenvalue weighted by atomic mass is 32.2. The molecule has 2 N–H and O–H groups in total. The van der Waals surface area contributed by atoms with Crippen LogP contribution in [0.3, 0.4) is 0 Å². The van der Waals surface area contributed by atoms with Gasteiger partial charge < -0.3 is 10.6 Å². The predicted octanol–water partition coefficient (Wildman–Crippen LogP) is 2.06. The fraction of sp³-hybridized carbons (Fsp3) is 0.571. The van der Waals surface area contributed by atoms with Crippen molar-refractivity contribution in [2.45, 2.75) is 36.6 Å². The zero-order chi connectivity index (χ0) is 14.8. The van der Waals surface area contributed by atoms with Crippen molar-refractivity contribution in [2.75, 3.05) is 25.1 Å². The van der Waals surface area contributed by atoms with Crippen LogP contribution in [0.4, 0.5) is 10.1 Å². The standard InChI is InChI=1S/C14H21FN2O2S/c1-17-6-3-2-4-13(17)5-7-20(18,19)14-9-11(15)8-12(16)10-14/h8-10,13H,2-7,16H2,1H3. The average molecular weight is 300 g/mol. The molecule has 1 aromatic rings. The molecule has 1 aliphatic rings. The molecule has 1 fully saturated rings. The van der Waals surface area contributed by atoms with E-state index in [2.05, 4.69) is 4.90 Å². The zero-order valence-electron chi connectivity index (χ0n) is 11.7. The molecule has 0 radical (unpaired) electrons. The third-order valence-electron chi connectivity index (χ3n) is 3.89. The molecule has 2 rings (SSSR count). The third kappa shape index (κ3) is 3.70. The van der Waals surface area contributed by atoms with Crippen molar-refractivity contribution in [3.63, 3.8) is 0 Å². The Hall–Kier alpha value is -1.14. The van der Waals surface area contributed by atoms with Crippen LogP contribution in [0, 0.1) is 5.82 Å². The van der Waals surface area contributed by atoms with Crippen molar-refractivity contribution in [1.82, 2.24) is 4.90 Å². The molecule has 0 aromatic heterocycles. The van der Waals surface area contributed by atoms with Gasteiger partial charge in [-0.05, 0) is 51.1 Å². The first kappa shape index (κ1) is 15.3. The summed E-state index contributed by atoms with van der Waals surface area (Å²) in [4.78, 5) is 2.19. The number of halogens is 1. The Balaban J connectivity index is 2.07. The Morgan fingerprint density at radius 2 is 2.10 bits per heavy atom. The van der Waals surface area contributed by atoms with E-state index in [1.54, 1.807) is 0 Å². The van der Waals surface area contributed by atoms with E-state index in [4.69, 9.17) is 5.73 Å². The number of likely N-dealkylation sites (tertiary alicyclic amines) is 1. The molecule has 1 saturated heterocycles. The summed E-state index contributed by atoms with van der Waals surface area (Å²) in [7, 11) is -1.45. The summed E-state index contributed by atoms with van der Waals surface area (Å²) in [6, 6.07) is 3.78. The van der Waals surface area contributed by atoms with Gasteiger partial charge in [0.25, 0.3) is 0 Å². The molecule has 1 aliphatic heterocycles. The van der Waals surface area contributed by atoms with Gasteiger partial charge in [0, 0.05) is 11.7 Å². The number of nitrogens with two attached hydrogens (primary N) is 1. The second-order valence-electron chi connectivity index (χ2n) is 5.46. The van der Waals surface area contributed by atoms with Gasteiger partial charge in [0.05, 0.1) is 10.6 Å². The molecular formula is C14H21FN2O2S. The van der Waals surface area contributed by atoms with E-state index in [9.17, 15) is 12.8 Å². The van der Waals surface area contributed by atoms with E-state index < -0.39 is 15.7 Å². The number of hydrogen-bond acceptors (Lipinski definition) is 4. The first-order chi connectivity index (χ1) is 9.38. The first-order valence-electron chi connectivity index (χ1n) is 6.87. The van der Waals surface area contributed by atoms with Gasteiger partial charge in [-0.15, -0.1) is 0 Å². The number of nitrogens with zero attached hydrogens (tertiary/aromatic N) is 1. The van der Waals surface area contributed by atoms with E-state index in [1.165, 1.54) is 12.5 Å². The summed E-state index contributed by atoms with van der Waals surface area (Å²) in [5, 5.41) is 0. The van der Waals surface area contributed by atoms with Crippen LogP contribution in [-0.2, 0) is 9.84 Å². The summed E-state index contributed by atoms with van der Waals surface area (Å²) >= 11 is 0. The molecule has 1 aromatic carbocycles. The molecule has 20 heavy (non-hydrogen) atoms. The molecule has 0 aliphatic carbocycles. The fourth-order valence-electron chi connectivity index (χ4n) is 2.68. The minimum absolute atomic E-state index is 0.0199. The van der Waals surface area contributed by atoms with Crippen LogP contribution < -0.4 is 5.73 Å². The number of nitrogen functional groups attached to an aromatic ring is 1. The monoisotopic (exact) mass is 300 g/mol. The van der Waals surface area contributed by atoms with Crippen molar-refractivity contribution in [1.29, 1.82) is 0 Å². The third-order valence-corrected chi connectivity index (χ3v) is 5.62. The molecule has 1 heterocycles. The molecule has 0 bridgehead atoms. The van der Waals surface area contributed by atoms with E-state index in [1.807, 2.05) is 7.05 Å². The number of anilines is 1. The maximum Gasteiger partial charge on any atom is 0.178 e. The number of benzene rings is 1. The molecular weight excluding hydrogens is 279 g/mol.